The molecule has 0 fully saturated rings. The largest absolute Gasteiger partial charge is 0.504 e. The third kappa shape index (κ3) is 3.51. The van der Waals surface area contributed by atoms with Crippen LogP contribution in [0.1, 0.15) is 12.5 Å². The third-order valence-corrected chi connectivity index (χ3v) is 4.39. The summed E-state index contributed by atoms with van der Waals surface area (Å²) in [5.41, 5.74) is 3.57. The number of allylic oxidation sites excluding steroid dienone is 1. The van der Waals surface area contributed by atoms with Gasteiger partial charge in [0.05, 0.1) is 13.3 Å². The second kappa shape index (κ2) is 7.66. The number of benzene rings is 1. The number of rotatable bonds is 6. The zero-order chi connectivity index (χ0) is 21.3. The highest BCUT2D eigenvalue weighted by Crippen LogP contribution is 2.28. The van der Waals surface area contributed by atoms with Crippen molar-refractivity contribution < 1.29 is 9.84 Å². The molecule has 3 rings (SSSR count). The number of imidazole rings is 1. The Morgan fingerprint density at radius 1 is 1.34 bits per heavy atom. The molecular weight excluding hydrogens is 376 g/mol. The lowest BCUT2D eigenvalue weighted by atomic mass is 10.2. The number of hydrazone groups is 1. The number of hydrogen-bond acceptors (Lipinski definition) is 7. The van der Waals surface area contributed by atoms with E-state index in [-0.39, 0.29) is 22.9 Å². The molecule has 0 saturated carbocycles. The van der Waals surface area contributed by atoms with E-state index in [1.165, 1.54) is 24.9 Å². The second-order valence-corrected chi connectivity index (χ2v) is 6.62. The minimum absolute atomic E-state index is 0.0488. The van der Waals surface area contributed by atoms with Gasteiger partial charge in [0.25, 0.3) is 5.56 Å². The summed E-state index contributed by atoms with van der Waals surface area (Å²) in [5.74, 6) is 0.536. The van der Waals surface area contributed by atoms with Gasteiger partial charge in [0.15, 0.2) is 22.7 Å². The summed E-state index contributed by atoms with van der Waals surface area (Å²) < 4.78 is 9.02. The van der Waals surface area contributed by atoms with Crippen molar-refractivity contribution in [1.82, 2.24) is 18.7 Å². The molecule has 10 heteroatoms. The number of phenols is 1. The van der Waals surface area contributed by atoms with Crippen molar-refractivity contribution in [1.29, 1.82) is 0 Å². The first-order valence-electron chi connectivity index (χ1n) is 8.72. The molecule has 0 aliphatic rings. The minimum atomic E-state index is -0.473. The van der Waals surface area contributed by atoms with Crippen molar-refractivity contribution in [2.45, 2.75) is 13.5 Å². The molecule has 0 aliphatic carbocycles. The van der Waals surface area contributed by atoms with Crippen molar-refractivity contribution in [3.8, 4) is 11.5 Å². The Labute approximate surface area is 166 Å². The zero-order valence-electron chi connectivity index (χ0n) is 16.6. The van der Waals surface area contributed by atoms with E-state index in [4.69, 9.17) is 4.74 Å². The standard InChI is InChI=1S/C19H22N6O4/c1-11(2)10-25-14-16(23(3)19(28)24(4)17(14)27)21-18(25)22-20-9-12-7-6-8-13(29-5)15(12)26/h6-9,26H,1,10H2,2-5H3,(H,21,22). The first kappa shape index (κ1) is 19.9. The molecule has 2 N–H and O–H groups in total. The summed E-state index contributed by atoms with van der Waals surface area (Å²) in [4.78, 5) is 29.3. The predicted octanol–water partition coefficient (Wildman–Crippen LogP) is 1.17. The van der Waals surface area contributed by atoms with Crippen LogP contribution in [-0.4, -0.2) is 37.1 Å². The molecule has 29 heavy (non-hydrogen) atoms. The fourth-order valence-corrected chi connectivity index (χ4v) is 2.92. The van der Waals surface area contributed by atoms with Crippen molar-refractivity contribution in [2.24, 2.45) is 19.2 Å². The highest BCUT2D eigenvalue weighted by Gasteiger charge is 2.19. The van der Waals surface area contributed by atoms with Crippen LogP contribution in [0.4, 0.5) is 5.95 Å². The Bertz CT molecular complexity index is 1250. The molecule has 0 amide bonds. The number of methoxy groups -OCH3 is 1. The van der Waals surface area contributed by atoms with E-state index in [2.05, 4.69) is 22.1 Å². The quantitative estimate of drug-likeness (QED) is 0.366. The van der Waals surface area contributed by atoms with E-state index in [0.29, 0.717) is 17.9 Å². The van der Waals surface area contributed by atoms with Gasteiger partial charge in [-0.1, -0.05) is 18.2 Å². The summed E-state index contributed by atoms with van der Waals surface area (Å²) in [5, 5.41) is 14.3. The maximum absolute atomic E-state index is 12.7. The molecule has 0 bridgehead atoms. The van der Waals surface area contributed by atoms with Crippen LogP contribution in [-0.2, 0) is 20.6 Å². The van der Waals surface area contributed by atoms with Gasteiger partial charge in [-0.2, -0.15) is 10.1 Å². The molecule has 2 heterocycles. The van der Waals surface area contributed by atoms with Crippen LogP contribution in [0, 0.1) is 0 Å². The van der Waals surface area contributed by atoms with Crippen molar-refractivity contribution in [3.63, 3.8) is 0 Å². The van der Waals surface area contributed by atoms with Gasteiger partial charge in [-0.15, -0.1) is 0 Å². The Hall–Kier alpha value is -3.82. The lowest BCUT2D eigenvalue weighted by Gasteiger charge is -2.09. The number of hydrogen-bond donors (Lipinski definition) is 2. The average Bonchev–Trinajstić information content (AvgIpc) is 3.03. The van der Waals surface area contributed by atoms with Gasteiger partial charge in [0.1, 0.15) is 0 Å². The maximum atomic E-state index is 12.7. The fraction of sp³-hybridized carbons (Fsp3) is 0.263. The first-order chi connectivity index (χ1) is 13.8. The summed E-state index contributed by atoms with van der Waals surface area (Å²) in [6.45, 7) is 6.02. The second-order valence-electron chi connectivity index (χ2n) is 6.62. The van der Waals surface area contributed by atoms with E-state index < -0.39 is 11.2 Å². The molecule has 0 atom stereocenters. The molecule has 0 radical (unpaired) electrons. The van der Waals surface area contributed by atoms with Gasteiger partial charge in [0.2, 0.25) is 5.95 Å². The van der Waals surface area contributed by atoms with E-state index in [9.17, 15) is 14.7 Å². The summed E-state index contributed by atoms with van der Waals surface area (Å²) in [6, 6.07) is 5.01. The summed E-state index contributed by atoms with van der Waals surface area (Å²) in [7, 11) is 4.42. The van der Waals surface area contributed by atoms with E-state index >= 15 is 0 Å². The SMILES string of the molecule is C=C(C)Cn1c(NN=Cc2cccc(OC)c2O)nc2c1c(=O)n(C)c(=O)n2C. The van der Waals surface area contributed by atoms with Gasteiger partial charge in [-0.25, -0.2) is 10.2 Å². The molecule has 3 aromatic rings. The lowest BCUT2D eigenvalue weighted by molar-refractivity contribution is 0.373. The number of anilines is 1. The number of aryl methyl sites for hydroxylation is 1. The van der Waals surface area contributed by atoms with E-state index in [1.807, 2.05) is 6.92 Å². The lowest BCUT2D eigenvalue weighted by Crippen LogP contribution is -2.37. The molecule has 10 nitrogen and oxygen atoms in total. The highest BCUT2D eigenvalue weighted by atomic mass is 16.5. The molecule has 0 spiro atoms. The fourth-order valence-electron chi connectivity index (χ4n) is 2.92. The number of fused-ring (bicyclic) bond motifs is 1. The van der Waals surface area contributed by atoms with Gasteiger partial charge >= 0.3 is 5.69 Å². The molecular formula is C19H22N6O4. The van der Waals surface area contributed by atoms with Gasteiger partial charge < -0.3 is 9.84 Å². The molecule has 1 aromatic carbocycles. The number of para-hydroxylation sites is 1. The van der Waals surface area contributed by atoms with E-state index in [0.717, 1.165) is 10.1 Å². The van der Waals surface area contributed by atoms with Crippen LogP contribution < -0.4 is 21.4 Å². The number of nitrogens with one attached hydrogen (secondary N) is 1. The van der Waals surface area contributed by atoms with Gasteiger partial charge in [0, 0.05) is 26.2 Å². The zero-order valence-corrected chi connectivity index (χ0v) is 16.6. The number of aromatic nitrogens is 4. The van der Waals surface area contributed by atoms with Gasteiger partial charge in [-0.05, 0) is 19.1 Å². The van der Waals surface area contributed by atoms with Gasteiger partial charge in [-0.3, -0.25) is 18.5 Å². The van der Waals surface area contributed by atoms with Crippen LogP contribution in [0.5, 0.6) is 11.5 Å². The monoisotopic (exact) mass is 398 g/mol. The molecule has 2 aromatic heterocycles. The Morgan fingerprint density at radius 2 is 2.07 bits per heavy atom. The number of phenolic OH excluding ortho intramolecular Hbond substituents is 1. The molecule has 0 saturated heterocycles. The van der Waals surface area contributed by atoms with Crippen LogP contribution in [0.15, 0.2) is 45.0 Å². The van der Waals surface area contributed by atoms with Crippen LogP contribution in [0.25, 0.3) is 11.2 Å². The van der Waals surface area contributed by atoms with Crippen molar-refractivity contribution in [2.75, 3.05) is 12.5 Å². The normalized spacial score (nSPS) is 11.3. The Morgan fingerprint density at radius 3 is 2.72 bits per heavy atom. The molecule has 0 unspecified atom stereocenters. The first-order valence-corrected chi connectivity index (χ1v) is 8.72. The Balaban J connectivity index is 2.09. The average molecular weight is 398 g/mol. The van der Waals surface area contributed by atoms with Crippen molar-refractivity contribution in [3.05, 3.63) is 56.8 Å². The maximum Gasteiger partial charge on any atom is 0.332 e. The number of ether oxygens (including phenoxy) is 1. The smallest absolute Gasteiger partial charge is 0.332 e. The molecule has 152 valence electrons. The van der Waals surface area contributed by atoms with Crippen molar-refractivity contribution >= 4 is 23.3 Å². The predicted molar refractivity (Wildman–Crippen MR) is 111 cm³/mol. The van der Waals surface area contributed by atoms with Crippen LogP contribution >= 0.6 is 0 Å². The van der Waals surface area contributed by atoms with E-state index in [1.54, 1.807) is 29.8 Å². The topological polar surface area (TPSA) is 116 Å². The summed E-state index contributed by atoms with van der Waals surface area (Å²) >= 11 is 0. The summed E-state index contributed by atoms with van der Waals surface area (Å²) in [6.07, 6.45) is 1.40. The number of aromatic hydroxyl groups is 1. The van der Waals surface area contributed by atoms with Crippen LogP contribution in [0.2, 0.25) is 0 Å². The molecule has 0 aliphatic heterocycles. The third-order valence-electron chi connectivity index (χ3n) is 4.39. The minimum Gasteiger partial charge on any atom is -0.504 e. The highest BCUT2D eigenvalue weighted by molar-refractivity contribution is 5.85. The Kier molecular flexibility index (Phi) is 5.26. The van der Waals surface area contributed by atoms with Crippen LogP contribution in [0.3, 0.4) is 0 Å². The number of nitrogens with zero attached hydrogens (tertiary/aromatic N) is 5.